The summed E-state index contributed by atoms with van der Waals surface area (Å²) in [5, 5.41) is 7.24. The van der Waals surface area contributed by atoms with Gasteiger partial charge in [-0.05, 0) is 44.1 Å². The number of likely N-dealkylation sites (tertiary alicyclic amines) is 1. The number of thiazole rings is 1. The molecule has 0 unspecified atom stereocenters. The number of hydrogen-bond donors (Lipinski definition) is 1. The first-order chi connectivity index (χ1) is 11.7. The lowest BCUT2D eigenvalue weighted by molar-refractivity contribution is -0.119. The van der Waals surface area contributed by atoms with E-state index in [1.54, 1.807) is 22.4 Å². The third kappa shape index (κ3) is 2.86. The second-order valence-electron chi connectivity index (χ2n) is 6.24. The molecule has 0 spiro atoms. The highest BCUT2D eigenvalue weighted by Crippen LogP contribution is 2.32. The maximum atomic E-state index is 13.0. The van der Waals surface area contributed by atoms with Crippen LogP contribution in [0, 0.1) is 0 Å². The van der Waals surface area contributed by atoms with Crippen molar-refractivity contribution in [1.82, 2.24) is 9.88 Å². The average molecular weight is 361 g/mol. The Labute approximate surface area is 148 Å². The molecule has 3 heterocycles. The Kier molecular flexibility index (Phi) is 4.37. The van der Waals surface area contributed by atoms with Crippen LogP contribution in [0.3, 0.4) is 0 Å². The van der Waals surface area contributed by atoms with Crippen molar-refractivity contribution in [3.63, 3.8) is 0 Å². The number of amides is 2. The van der Waals surface area contributed by atoms with Crippen LogP contribution in [0.25, 0.3) is 0 Å². The van der Waals surface area contributed by atoms with Gasteiger partial charge in [0, 0.05) is 28.4 Å². The normalized spacial score (nSPS) is 20.0. The van der Waals surface area contributed by atoms with Crippen LogP contribution in [0.4, 0.5) is 5.13 Å². The quantitative estimate of drug-likeness (QED) is 0.912. The number of aromatic nitrogens is 1. The van der Waals surface area contributed by atoms with E-state index >= 15 is 0 Å². The van der Waals surface area contributed by atoms with Gasteiger partial charge < -0.3 is 10.2 Å². The summed E-state index contributed by atoms with van der Waals surface area (Å²) in [4.78, 5) is 32.8. The van der Waals surface area contributed by atoms with E-state index in [1.807, 2.05) is 10.8 Å². The molecule has 1 aliphatic carbocycles. The highest BCUT2D eigenvalue weighted by molar-refractivity contribution is 7.13. The van der Waals surface area contributed by atoms with Gasteiger partial charge in [0.25, 0.3) is 5.91 Å². The molecule has 1 aliphatic heterocycles. The van der Waals surface area contributed by atoms with Crippen LogP contribution in [0.5, 0.6) is 0 Å². The van der Waals surface area contributed by atoms with Crippen molar-refractivity contribution in [3.05, 3.63) is 33.0 Å². The summed E-state index contributed by atoms with van der Waals surface area (Å²) in [6.07, 6.45) is 7.69. The molecule has 0 radical (unpaired) electrons. The molecule has 1 atom stereocenters. The fourth-order valence-electron chi connectivity index (χ4n) is 3.58. The number of nitrogens with zero attached hydrogens (tertiary/aromatic N) is 2. The predicted molar refractivity (Wildman–Crippen MR) is 95.8 cm³/mol. The van der Waals surface area contributed by atoms with Gasteiger partial charge >= 0.3 is 0 Å². The third-order valence-corrected chi connectivity index (χ3v) is 6.55. The summed E-state index contributed by atoms with van der Waals surface area (Å²) >= 11 is 3.09. The zero-order valence-electron chi connectivity index (χ0n) is 13.3. The van der Waals surface area contributed by atoms with E-state index in [1.165, 1.54) is 28.2 Å². The van der Waals surface area contributed by atoms with E-state index in [-0.39, 0.29) is 17.9 Å². The third-order valence-electron chi connectivity index (χ3n) is 4.77. The van der Waals surface area contributed by atoms with E-state index < -0.39 is 0 Å². The second-order valence-corrected chi connectivity index (χ2v) is 8.10. The minimum Gasteiger partial charge on any atom is -0.327 e. The van der Waals surface area contributed by atoms with Crippen molar-refractivity contribution in [3.8, 4) is 0 Å². The molecular formula is C17H19N3O2S2. The predicted octanol–water partition coefficient (Wildman–Crippen LogP) is 3.33. The number of hydrogen-bond acceptors (Lipinski definition) is 5. The van der Waals surface area contributed by atoms with E-state index in [2.05, 4.69) is 10.3 Å². The Morgan fingerprint density at radius 1 is 1.21 bits per heavy atom. The van der Waals surface area contributed by atoms with Crippen LogP contribution < -0.4 is 5.32 Å². The second kappa shape index (κ2) is 6.64. The molecule has 1 N–H and O–H groups in total. The maximum absolute atomic E-state index is 13.0. The highest BCUT2D eigenvalue weighted by Gasteiger charge is 2.36. The minimum atomic E-state index is -0.388. The zero-order valence-corrected chi connectivity index (χ0v) is 14.9. The standard InChI is InChI=1S/C17H19N3O2S2/c21-15(19-17-18-7-9-23-17)13-5-3-8-20(13)16(22)12-10-24-14-6-2-1-4-11(12)14/h7,9-10,13H,1-6,8H2,(H,18,19,21)/t13-/m1/s1. The molecule has 2 aliphatic rings. The molecule has 1 fully saturated rings. The van der Waals surface area contributed by atoms with Crippen LogP contribution in [0.1, 0.15) is 46.5 Å². The monoisotopic (exact) mass is 361 g/mol. The van der Waals surface area contributed by atoms with Gasteiger partial charge in [0.1, 0.15) is 6.04 Å². The van der Waals surface area contributed by atoms with E-state index in [4.69, 9.17) is 0 Å². The lowest BCUT2D eigenvalue weighted by Gasteiger charge is -2.24. The molecule has 2 aromatic heterocycles. The summed E-state index contributed by atoms with van der Waals surface area (Å²) < 4.78 is 0. The summed E-state index contributed by atoms with van der Waals surface area (Å²) in [6.45, 7) is 0.652. The van der Waals surface area contributed by atoms with Gasteiger partial charge in [-0.25, -0.2) is 4.98 Å². The summed E-state index contributed by atoms with van der Waals surface area (Å²) in [6, 6.07) is -0.388. The van der Waals surface area contributed by atoms with Crippen molar-refractivity contribution in [1.29, 1.82) is 0 Å². The molecular weight excluding hydrogens is 342 g/mol. The first kappa shape index (κ1) is 15.8. The van der Waals surface area contributed by atoms with Gasteiger partial charge in [-0.1, -0.05) is 0 Å². The first-order valence-corrected chi connectivity index (χ1v) is 10.1. The van der Waals surface area contributed by atoms with Crippen LogP contribution in [-0.4, -0.2) is 34.3 Å². The average Bonchev–Trinajstić information content (AvgIpc) is 3.34. The van der Waals surface area contributed by atoms with Crippen molar-refractivity contribution >= 4 is 39.6 Å². The molecule has 4 rings (SSSR count). The molecule has 126 valence electrons. The Hall–Kier alpha value is -1.73. The van der Waals surface area contributed by atoms with Crippen LogP contribution >= 0.6 is 22.7 Å². The van der Waals surface area contributed by atoms with Gasteiger partial charge in [-0.2, -0.15) is 0 Å². The lowest BCUT2D eigenvalue weighted by Crippen LogP contribution is -2.43. The van der Waals surface area contributed by atoms with Gasteiger partial charge in [0.15, 0.2) is 5.13 Å². The minimum absolute atomic E-state index is 0.0196. The van der Waals surface area contributed by atoms with E-state index in [0.717, 1.165) is 37.7 Å². The van der Waals surface area contributed by atoms with Gasteiger partial charge in [0.05, 0.1) is 5.56 Å². The number of rotatable bonds is 3. The van der Waals surface area contributed by atoms with E-state index in [0.29, 0.717) is 11.7 Å². The number of anilines is 1. The highest BCUT2D eigenvalue weighted by atomic mass is 32.1. The summed E-state index contributed by atoms with van der Waals surface area (Å²) in [7, 11) is 0. The number of aryl methyl sites for hydroxylation is 1. The molecule has 2 aromatic rings. The van der Waals surface area contributed by atoms with E-state index in [9.17, 15) is 9.59 Å². The largest absolute Gasteiger partial charge is 0.327 e. The molecule has 0 bridgehead atoms. The van der Waals surface area contributed by atoms with Crippen LogP contribution in [0.15, 0.2) is 17.0 Å². The topological polar surface area (TPSA) is 62.3 Å². The maximum Gasteiger partial charge on any atom is 0.255 e. The summed E-state index contributed by atoms with van der Waals surface area (Å²) in [5.41, 5.74) is 2.05. The Morgan fingerprint density at radius 2 is 2.08 bits per heavy atom. The van der Waals surface area contributed by atoms with Crippen LogP contribution in [0.2, 0.25) is 0 Å². The van der Waals surface area contributed by atoms with Crippen molar-refractivity contribution < 1.29 is 9.59 Å². The van der Waals surface area contributed by atoms with Crippen LogP contribution in [-0.2, 0) is 17.6 Å². The van der Waals surface area contributed by atoms with Gasteiger partial charge in [-0.15, -0.1) is 22.7 Å². The molecule has 5 nitrogen and oxygen atoms in total. The molecule has 0 aromatic carbocycles. The molecule has 0 saturated carbocycles. The zero-order chi connectivity index (χ0) is 16.5. The number of fused-ring (bicyclic) bond motifs is 1. The smallest absolute Gasteiger partial charge is 0.255 e. The molecule has 1 saturated heterocycles. The fraction of sp³-hybridized carbons (Fsp3) is 0.471. The number of nitrogens with one attached hydrogen (secondary N) is 1. The number of carbonyl (C=O) groups is 2. The van der Waals surface area contributed by atoms with Crippen molar-refractivity contribution in [2.75, 3.05) is 11.9 Å². The van der Waals surface area contributed by atoms with Crippen molar-refractivity contribution in [2.24, 2.45) is 0 Å². The Morgan fingerprint density at radius 3 is 2.92 bits per heavy atom. The molecule has 24 heavy (non-hydrogen) atoms. The number of thiophene rings is 1. The van der Waals surface area contributed by atoms with Gasteiger partial charge in [0.2, 0.25) is 5.91 Å². The summed E-state index contributed by atoms with van der Waals surface area (Å²) in [5.74, 6) is -0.105. The van der Waals surface area contributed by atoms with Crippen molar-refractivity contribution in [2.45, 2.75) is 44.6 Å². The SMILES string of the molecule is O=C(Nc1nccs1)[C@H]1CCCN1C(=O)c1csc2c1CCCC2. The van der Waals surface area contributed by atoms with Gasteiger partial charge in [-0.3, -0.25) is 9.59 Å². The molecule has 7 heteroatoms. The molecule has 2 amide bonds. The lowest BCUT2D eigenvalue weighted by atomic mass is 9.95. The Balaban J connectivity index is 1.53. The fourth-order valence-corrected chi connectivity index (χ4v) is 5.24. The first-order valence-electron chi connectivity index (χ1n) is 8.34. The number of carbonyl (C=O) groups excluding carboxylic acids is 2. The Bertz CT molecular complexity index is 754.